The zero-order valence-electron chi connectivity index (χ0n) is 16.6. The van der Waals surface area contributed by atoms with Crippen molar-refractivity contribution < 1.29 is 14.3 Å². The summed E-state index contributed by atoms with van der Waals surface area (Å²) in [7, 11) is 1.79. The van der Waals surface area contributed by atoms with Gasteiger partial charge in [-0.25, -0.2) is 14.5 Å². The number of urea groups is 1. The number of rotatable bonds is 5. The molecule has 1 aliphatic heterocycles. The molecule has 150 valence electrons. The number of hydrogen-bond acceptors (Lipinski definition) is 5. The first kappa shape index (κ1) is 18.8. The molecule has 0 radical (unpaired) electrons. The molecule has 0 spiro atoms. The van der Waals surface area contributed by atoms with E-state index >= 15 is 0 Å². The second kappa shape index (κ2) is 7.83. The molecule has 2 atom stereocenters. The molecule has 0 saturated heterocycles. The number of fused-ring (bicyclic) bond motifs is 1. The van der Waals surface area contributed by atoms with Crippen molar-refractivity contribution in [2.24, 2.45) is 0 Å². The molecule has 3 aromatic rings. The van der Waals surface area contributed by atoms with E-state index in [4.69, 9.17) is 9.47 Å². The van der Waals surface area contributed by atoms with Crippen molar-refractivity contribution in [2.75, 3.05) is 13.8 Å². The maximum atomic E-state index is 12.8. The van der Waals surface area contributed by atoms with Crippen molar-refractivity contribution in [2.45, 2.75) is 25.9 Å². The van der Waals surface area contributed by atoms with E-state index < -0.39 is 0 Å². The lowest BCUT2D eigenvalue weighted by atomic mass is 10.1. The summed E-state index contributed by atoms with van der Waals surface area (Å²) in [6.07, 6.45) is 3.14. The molecule has 0 fully saturated rings. The lowest BCUT2D eigenvalue weighted by Crippen LogP contribution is -2.39. The Labute approximate surface area is 169 Å². The number of ether oxygens (including phenoxy) is 2. The Balaban J connectivity index is 1.40. The number of carbonyl (C=O) groups is 1. The van der Waals surface area contributed by atoms with Gasteiger partial charge in [-0.05, 0) is 49.2 Å². The minimum absolute atomic E-state index is 0.0937. The molecule has 1 aliphatic rings. The van der Waals surface area contributed by atoms with Crippen LogP contribution in [0.25, 0.3) is 5.69 Å². The van der Waals surface area contributed by atoms with Crippen LogP contribution in [-0.2, 0) is 0 Å². The predicted octanol–water partition coefficient (Wildman–Crippen LogP) is 3.46. The van der Waals surface area contributed by atoms with Gasteiger partial charge in [0.15, 0.2) is 11.5 Å². The van der Waals surface area contributed by atoms with Crippen LogP contribution in [0.2, 0.25) is 0 Å². The third-order valence-corrected chi connectivity index (χ3v) is 5.20. The topological polar surface area (TPSA) is 81.5 Å². The Morgan fingerprint density at radius 1 is 1.10 bits per heavy atom. The van der Waals surface area contributed by atoms with E-state index in [9.17, 15) is 4.79 Å². The van der Waals surface area contributed by atoms with Crippen molar-refractivity contribution in [3.05, 3.63) is 66.2 Å². The highest BCUT2D eigenvalue weighted by atomic mass is 16.7. The molecule has 2 unspecified atom stereocenters. The van der Waals surface area contributed by atoms with Gasteiger partial charge >= 0.3 is 6.03 Å². The fraction of sp³-hybridized carbons (Fsp3) is 0.286. The average Bonchev–Trinajstić information content (AvgIpc) is 3.44. The van der Waals surface area contributed by atoms with E-state index in [1.165, 1.54) is 6.33 Å². The number of amides is 2. The third kappa shape index (κ3) is 3.87. The van der Waals surface area contributed by atoms with Gasteiger partial charge in [0, 0.05) is 7.05 Å². The summed E-state index contributed by atoms with van der Waals surface area (Å²) in [5.41, 5.74) is 2.91. The number of nitrogens with one attached hydrogen (secondary N) is 1. The minimum Gasteiger partial charge on any atom is -0.454 e. The summed E-state index contributed by atoms with van der Waals surface area (Å²) >= 11 is 0. The lowest BCUT2D eigenvalue weighted by Gasteiger charge is -2.27. The van der Waals surface area contributed by atoms with Gasteiger partial charge in [0.2, 0.25) is 6.79 Å². The molecule has 2 amide bonds. The Bertz CT molecular complexity index is 988. The monoisotopic (exact) mass is 393 g/mol. The Morgan fingerprint density at radius 3 is 2.55 bits per heavy atom. The van der Waals surface area contributed by atoms with E-state index in [1.54, 1.807) is 23.0 Å². The quantitative estimate of drug-likeness (QED) is 0.718. The van der Waals surface area contributed by atoms with Crippen LogP contribution in [0.15, 0.2) is 55.1 Å². The molecule has 8 nitrogen and oxygen atoms in total. The Kier molecular flexibility index (Phi) is 5.07. The predicted molar refractivity (Wildman–Crippen MR) is 107 cm³/mol. The summed E-state index contributed by atoms with van der Waals surface area (Å²) in [5, 5.41) is 7.16. The first-order valence-corrected chi connectivity index (χ1v) is 9.41. The zero-order chi connectivity index (χ0) is 20.4. The summed E-state index contributed by atoms with van der Waals surface area (Å²) in [6, 6.07) is 13.2. The second-order valence-electron chi connectivity index (χ2n) is 7.00. The van der Waals surface area contributed by atoms with Gasteiger partial charge in [0.05, 0.1) is 17.8 Å². The second-order valence-corrected chi connectivity index (χ2v) is 7.00. The SMILES string of the molecule is CC(NC(=O)N(C)C(C)c1ccc(-n2cncn2)cc1)c1ccc2c(c1)OCO2. The lowest BCUT2D eigenvalue weighted by molar-refractivity contribution is 0.174. The number of hydrogen-bond donors (Lipinski definition) is 1. The van der Waals surface area contributed by atoms with Crippen LogP contribution >= 0.6 is 0 Å². The van der Waals surface area contributed by atoms with E-state index in [-0.39, 0.29) is 24.9 Å². The first-order valence-electron chi connectivity index (χ1n) is 9.41. The van der Waals surface area contributed by atoms with E-state index in [1.807, 2.05) is 56.3 Å². The molecule has 2 heterocycles. The fourth-order valence-electron chi connectivity index (χ4n) is 3.20. The fourth-order valence-corrected chi connectivity index (χ4v) is 3.20. The minimum atomic E-state index is -0.165. The molecule has 1 N–H and O–H groups in total. The normalized spacial score (nSPS) is 14.3. The molecular formula is C21H23N5O3. The van der Waals surface area contributed by atoms with Gasteiger partial charge in [0.1, 0.15) is 12.7 Å². The molecule has 1 aromatic heterocycles. The summed E-state index contributed by atoms with van der Waals surface area (Å²) < 4.78 is 12.4. The van der Waals surface area contributed by atoms with Gasteiger partial charge in [-0.1, -0.05) is 18.2 Å². The number of benzene rings is 2. The van der Waals surface area contributed by atoms with Gasteiger partial charge in [-0.15, -0.1) is 0 Å². The van der Waals surface area contributed by atoms with Gasteiger partial charge < -0.3 is 19.7 Å². The van der Waals surface area contributed by atoms with Gasteiger partial charge in [-0.2, -0.15) is 5.10 Å². The summed E-state index contributed by atoms with van der Waals surface area (Å²) in [6.45, 7) is 4.17. The zero-order valence-corrected chi connectivity index (χ0v) is 16.6. The van der Waals surface area contributed by atoms with Crippen molar-refractivity contribution >= 4 is 6.03 Å². The van der Waals surface area contributed by atoms with Crippen LogP contribution in [0.5, 0.6) is 11.5 Å². The van der Waals surface area contributed by atoms with Crippen LogP contribution in [0.1, 0.15) is 37.1 Å². The number of aromatic nitrogens is 3. The van der Waals surface area contributed by atoms with Crippen molar-refractivity contribution in [1.82, 2.24) is 25.0 Å². The Hall–Kier alpha value is -3.55. The smallest absolute Gasteiger partial charge is 0.318 e. The number of carbonyl (C=O) groups excluding carboxylic acids is 1. The molecule has 0 saturated carbocycles. The third-order valence-electron chi connectivity index (χ3n) is 5.20. The molecule has 8 heteroatoms. The highest BCUT2D eigenvalue weighted by Crippen LogP contribution is 2.34. The van der Waals surface area contributed by atoms with Crippen LogP contribution in [0, 0.1) is 0 Å². The van der Waals surface area contributed by atoms with Gasteiger partial charge in [-0.3, -0.25) is 0 Å². The van der Waals surface area contributed by atoms with E-state index in [0.717, 1.165) is 22.6 Å². The molecule has 0 aliphatic carbocycles. The van der Waals surface area contributed by atoms with Crippen molar-refractivity contribution in [1.29, 1.82) is 0 Å². The summed E-state index contributed by atoms with van der Waals surface area (Å²) in [5.74, 6) is 1.44. The number of nitrogens with zero attached hydrogens (tertiary/aromatic N) is 4. The molecule has 0 bridgehead atoms. The molecule has 2 aromatic carbocycles. The van der Waals surface area contributed by atoms with Crippen molar-refractivity contribution in [3.63, 3.8) is 0 Å². The molecular weight excluding hydrogens is 370 g/mol. The highest BCUT2D eigenvalue weighted by molar-refractivity contribution is 5.75. The van der Waals surface area contributed by atoms with Gasteiger partial charge in [0.25, 0.3) is 0 Å². The van der Waals surface area contributed by atoms with Crippen LogP contribution in [-0.4, -0.2) is 39.5 Å². The maximum absolute atomic E-state index is 12.8. The molecule has 4 rings (SSSR count). The largest absolute Gasteiger partial charge is 0.454 e. The molecule has 29 heavy (non-hydrogen) atoms. The van der Waals surface area contributed by atoms with E-state index in [2.05, 4.69) is 15.4 Å². The van der Waals surface area contributed by atoms with E-state index in [0.29, 0.717) is 5.75 Å². The summed E-state index contributed by atoms with van der Waals surface area (Å²) in [4.78, 5) is 18.4. The maximum Gasteiger partial charge on any atom is 0.318 e. The highest BCUT2D eigenvalue weighted by Gasteiger charge is 2.21. The first-order chi connectivity index (χ1) is 14.0. The average molecular weight is 393 g/mol. The van der Waals surface area contributed by atoms with Crippen LogP contribution in [0.4, 0.5) is 4.79 Å². The van der Waals surface area contributed by atoms with Crippen LogP contribution < -0.4 is 14.8 Å². The Morgan fingerprint density at radius 2 is 1.83 bits per heavy atom. The van der Waals surface area contributed by atoms with Crippen LogP contribution in [0.3, 0.4) is 0 Å². The van der Waals surface area contributed by atoms with Crippen molar-refractivity contribution in [3.8, 4) is 17.2 Å². The standard InChI is InChI=1S/C21H23N5O3/c1-14(17-6-9-19-20(10-17)29-13-28-19)24-21(27)25(3)15(2)16-4-7-18(8-5-16)26-12-22-11-23-26/h4-12,14-15H,13H2,1-3H3,(H,24,27).